The van der Waals surface area contributed by atoms with Crippen LogP contribution in [0.15, 0.2) is 34.3 Å². The third kappa shape index (κ3) is 3.54. The summed E-state index contributed by atoms with van der Waals surface area (Å²) in [5, 5.41) is 15.5. The van der Waals surface area contributed by atoms with Crippen molar-refractivity contribution >= 4 is 11.8 Å². The molecule has 0 aliphatic heterocycles. The molecule has 18 heavy (non-hydrogen) atoms. The summed E-state index contributed by atoms with van der Waals surface area (Å²) in [6.45, 7) is 4.15. The molecule has 0 fully saturated rings. The van der Waals surface area contributed by atoms with Crippen LogP contribution < -0.4 is 5.32 Å². The van der Waals surface area contributed by atoms with Crippen LogP contribution in [0.5, 0.6) is 0 Å². The summed E-state index contributed by atoms with van der Waals surface area (Å²) in [6.07, 6.45) is 1.16. The van der Waals surface area contributed by atoms with E-state index in [1.807, 2.05) is 7.05 Å². The second-order valence-electron chi connectivity index (χ2n) is 4.01. The lowest BCUT2D eigenvalue weighted by Crippen LogP contribution is -2.13. The van der Waals surface area contributed by atoms with Gasteiger partial charge in [-0.15, -0.1) is 5.10 Å². The third-order valence-corrected chi connectivity index (χ3v) is 3.51. The number of benzene rings is 1. The van der Waals surface area contributed by atoms with Gasteiger partial charge in [0.1, 0.15) is 0 Å². The zero-order valence-electron chi connectivity index (χ0n) is 10.6. The van der Waals surface area contributed by atoms with Crippen molar-refractivity contribution in [3.05, 3.63) is 29.8 Å². The molecule has 2 aromatic rings. The topological polar surface area (TPSA) is 55.6 Å². The largest absolute Gasteiger partial charge is 0.313 e. The highest BCUT2D eigenvalue weighted by molar-refractivity contribution is 7.99. The average Bonchev–Trinajstić information content (AvgIpc) is 2.78. The first-order chi connectivity index (χ1) is 8.79. The number of aryl methyl sites for hydroxylation is 1. The molecule has 5 nitrogen and oxygen atoms in total. The van der Waals surface area contributed by atoms with Crippen LogP contribution in [0.1, 0.15) is 18.9 Å². The Kier molecular flexibility index (Phi) is 4.72. The third-order valence-electron chi connectivity index (χ3n) is 2.47. The van der Waals surface area contributed by atoms with Gasteiger partial charge in [0.05, 0.1) is 0 Å². The van der Waals surface area contributed by atoms with E-state index in [0.717, 1.165) is 29.6 Å². The van der Waals surface area contributed by atoms with Gasteiger partial charge < -0.3 is 5.32 Å². The van der Waals surface area contributed by atoms with E-state index in [4.69, 9.17) is 0 Å². The molecule has 0 saturated heterocycles. The van der Waals surface area contributed by atoms with E-state index in [2.05, 4.69) is 52.0 Å². The van der Waals surface area contributed by atoms with Crippen LogP contribution in [-0.2, 0) is 13.6 Å². The highest BCUT2D eigenvalue weighted by Gasteiger charge is 2.04. The van der Waals surface area contributed by atoms with Crippen LogP contribution in [0.25, 0.3) is 0 Å². The Labute approximate surface area is 111 Å². The fraction of sp³-hybridized carbons (Fsp3) is 0.417. The van der Waals surface area contributed by atoms with E-state index in [0.29, 0.717) is 0 Å². The van der Waals surface area contributed by atoms with Crippen LogP contribution >= 0.6 is 11.8 Å². The SMILES string of the molecule is CCCNCc1ccc(Sc2nnnn2C)cc1. The fourth-order valence-electron chi connectivity index (χ4n) is 1.50. The maximum absolute atomic E-state index is 3.95. The summed E-state index contributed by atoms with van der Waals surface area (Å²) in [7, 11) is 1.84. The Bertz CT molecular complexity index is 479. The van der Waals surface area contributed by atoms with Crippen LogP contribution in [0, 0.1) is 0 Å². The first kappa shape index (κ1) is 13.0. The number of aromatic nitrogens is 4. The zero-order valence-corrected chi connectivity index (χ0v) is 11.4. The minimum absolute atomic E-state index is 0.798. The molecule has 1 N–H and O–H groups in total. The summed E-state index contributed by atoms with van der Waals surface area (Å²) in [6, 6.07) is 8.47. The predicted octanol–water partition coefficient (Wildman–Crippen LogP) is 1.86. The van der Waals surface area contributed by atoms with Crippen molar-refractivity contribution < 1.29 is 0 Å². The molecule has 0 aliphatic carbocycles. The number of hydrogen-bond acceptors (Lipinski definition) is 5. The number of hydrogen-bond donors (Lipinski definition) is 1. The summed E-state index contributed by atoms with van der Waals surface area (Å²) in [5.74, 6) is 0. The number of nitrogens with zero attached hydrogens (tertiary/aromatic N) is 4. The van der Waals surface area contributed by atoms with Gasteiger partial charge in [0.25, 0.3) is 0 Å². The van der Waals surface area contributed by atoms with Gasteiger partial charge in [-0.3, -0.25) is 0 Å². The zero-order chi connectivity index (χ0) is 12.8. The van der Waals surface area contributed by atoms with Crippen molar-refractivity contribution in [1.82, 2.24) is 25.5 Å². The molecule has 1 aromatic heterocycles. The Morgan fingerprint density at radius 3 is 2.67 bits per heavy atom. The van der Waals surface area contributed by atoms with Crippen LogP contribution in [0.2, 0.25) is 0 Å². The van der Waals surface area contributed by atoms with Crippen LogP contribution in [0.4, 0.5) is 0 Å². The second kappa shape index (κ2) is 6.51. The molecular weight excluding hydrogens is 246 g/mol. The fourth-order valence-corrected chi connectivity index (χ4v) is 2.23. The first-order valence-corrected chi connectivity index (χ1v) is 6.81. The van der Waals surface area contributed by atoms with Crippen molar-refractivity contribution in [2.24, 2.45) is 7.05 Å². The Balaban J connectivity index is 1.93. The van der Waals surface area contributed by atoms with E-state index in [9.17, 15) is 0 Å². The number of tetrazole rings is 1. The highest BCUT2D eigenvalue weighted by Crippen LogP contribution is 2.24. The standard InChI is InChI=1S/C12H17N5S/c1-3-8-13-9-10-4-6-11(7-5-10)18-12-14-15-16-17(12)2/h4-7,13H,3,8-9H2,1-2H3. The second-order valence-corrected chi connectivity index (χ2v) is 5.05. The van der Waals surface area contributed by atoms with Gasteiger partial charge in [-0.2, -0.15) is 0 Å². The summed E-state index contributed by atoms with van der Waals surface area (Å²) >= 11 is 1.56. The number of nitrogens with one attached hydrogen (secondary N) is 1. The number of rotatable bonds is 6. The maximum Gasteiger partial charge on any atom is 0.213 e. The molecule has 0 saturated carbocycles. The van der Waals surface area contributed by atoms with Gasteiger partial charge in [-0.1, -0.05) is 19.1 Å². The first-order valence-electron chi connectivity index (χ1n) is 5.99. The van der Waals surface area contributed by atoms with Gasteiger partial charge in [-0.05, 0) is 52.9 Å². The molecule has 96 valence electrons. The summed E-state index contributed by atoms with van der Waals surface area (Å²) in [5.41, 5.74) is 1.30. The van der Waals surface area contributed by atoms with Crippen molar-refractivity contribution in [1.29, 1.82) is 0 Å². The van der Waals surface area contributed by atoms with Gasteiger partial charge in [0.15, 0.2) is 0 Å². The van der Waals surface area contributed by atoms with Crippen molar-refractivity contribution in [2.75, 3.05) is 6.54 Å². The Hall–Kier alpha value is -1.40. The predicted molar refractivity (Wildman–Crippen MR) is 71.4 cm³/mol. The van der Waals surface area contributed by atoms with Crippen LogP contribution in [-0.4, -0.2) is 26.8 Å². The van der Waals surface area contributed by atoms with E-state index < -0.39 is 0 Å². The molecule has 1 aromatic carbocycles. The van der Waals surface area contributed by atoms with Crippen molar-refractivity contribution in [3.8, 4) is 0 Å². The summed E-state index contributed by atoms with van der Waals surface area (Å²) < 4.78 is 1.67. The molecule has 0 bridgehead atoms. The lowest BCUT2D eigenvalue weighted by atomic mass is 10.2. The molecule has 0 amide bonds. The molecule has 2 rings (SSSR count). The lowest BCUT2D eigenvalue weighted by Gasteiger charge is -2.04. The minimum Gasteiger partial charge on any atom is -0.313 e. The molecule has 0 radical (unpaired) electrons. The van der Waals surface area contributed by atoms with Crippen molar-refractivity contribution in [2.45, 2.75) is 29.9 Å². The quantitative estimate of drug-likeness (QED) is 0.806. The molecule has 0 atom stereocenters. The van der Waals surface area contributed by atoms with E-state index in [1.54, 1.807) is 16.4 Å². The van der Waals surface area contributed by atoms with Crippen molar-refractivity contribution in [3.63, 3.8) is 0 Å². The minimum atomic E-state index is 0.798. The molecule has 0 spiro atoms. The van der Waals surface area contributed by atoms with E-state index >= 15 is 0 Å². The van der Waals surface area contributed by atoms with Gasteiger partial charge in [-0.25, -0.2) is 4.68 Å². The van der Waals surface area contributed by atoms with Crippen LogP contribution in [0.3, 0.4) is 0 Å². The maximum atomic E-state index is 3.95. The molecule has 0 aliphatic rings. The van der Waals surface area contributed by atoms with Gasteiger partial charge >= 0.3 is 0 Å². The molecule has 0 unspecified atom stereocenters. The van der Waals surface area contributed by atoms with E-state index in [-0.39, 0.29) is 0 Å². The van der Waals surface area contributed by atoms with Gasteiger partial charge in [0, 0.05) is 18.5 Å². The molecule has 6 heteroatoms. The smallest absolute Gasteiger partial charge is 0.213 e. The Morgan fingerprint density at radius 2 is 2.06 bits per heavy atom. The Morgan fingerprint density at radius 1 is 1.28 bits per heavy atom. The molecular formula is C12H17N5S. The van der Waals surface area contributed by atoms with E-state index in [1.165, 1.54) is 5.56 Å². The molecule has 1 heterocycles. The highest BCUT2D eigenvalue weighted by atomic mass is 32.2. The normalized spacial score (nSPS) is 10.8. The lowest BCUT2D eigenvalue weighted by molar-refractivity contribution is 0.664. The summed E-state index contributed by atoms with van der Waals surface area (Å²) in [4.78, 5) is 1.15. The monoisotopic (exact) mass is 263 g/mol. The van der Waals surface area contributed by atoms with Gasteiger partial charge in [0.2, 0.25) is 5.16 Å². The average molecular weight is 263 g/mol.